The van der Waals surface area contributed by atoms with Crippen molar-refractivity contribution in [3.8, 4) is 0 Å². The van der Waals surface area contributed by atoms with Gasteiger partial charge in [-0.3, -0.25) is 0 Å². The molecule has 0 aliphatic carbocycles. The lowest BCUT2D eigenvalue weighted by Gasteiger charge is -2.01. The van der Waals surface area contributed by atoms with Crippen LogP contribution in [0.25, 0.3) is 0 Å². The normalized spacial score (nSPS) is 11.1. The first-order valence-corrected chi connectivity index (χ1v) is 8.06. The van der Waals surface area contributed by atoms with Crippen LogP contribution in [-0.4, -0.2) is 13.2 Å². The van der Waals surface area contributed by atoms with Gasteiger partial charge in [0.2, 0.25) is 0 Å². The molecule has 110 valence electrons. The molecule has 0 radical (unpaired) electrons. The molecule has 1 N–H and O–H groups in total. The highest BCUT2D eigenvalue weighted by atomic mass is 32.1. The topological polar surface area (TPSA) is 34.4 Å². The van der Waals surface area contributed by atoms with Crippen molar-refractivity contribution in [2.24, 2.45) is 0 Å². The van der Waals surface area contributed by atoms with Crippen molar-refractivity contribution in [1.82, 2.24) is 5.32 Å². The number of hydrogen-bond acceptors (Lipinski definition) is 4. The summed E-state index contributed by atoms with van der Waals surface area (Å²) in [5, 5.41) is 5.45. The second kappa shape index (κ2) is 8.25. The van der Waals surface area contributed by atoms with E-state index in [0.717, 1.165) is 49.6 Å². The third kappa shape index (κ3) is 4.78. The molecule has 4 heteroatoms. The van der Waals surface area contributed by atoms with E-state index in [0.29, 0.717) is 6.61 Å². The fraction of sp³-hybridized carbons (Fsp3) is 0.500. The van der Waals surface area contributed by atoms with Gasteiger partial charge in [-0.25, -0.2) is 0 Å². The molecule has 2 aromatic rings. The fourth-order valence-corrected chi connectivity index (χ4v) is 2.71. The lowest BCUT2D eigenvalue weighted by Crippen LogP contribution is -2.13. The van der Waals surface area contributed by atoms with E-state index < -0.39 is 0 Å². The number of thiophene rings is 1. The van der Waals surface area contributed by atoms with E-state index in [9.17, 15) is 0 Å². The molecule has 0 atom stereocenters. The van der Waals surface area contributed by atoms with Gasteiger partial charge in [-0.2, -0.15) is 0 Å². The maximum absolute atomic E-state index is 5.74. The Morgan fingerprint density at radius 1 is 1.40 bits per heavy atom. The summed E-state index contributed by atoms with van der Waals surface area (Å²) >= 11 is 1.78. The summed E-state index contributed by atoms with van der Waals surface area (Å²) in [6, 6.07) is 6.33. The molecule has 0 unspecified atom stereocenters. The van der Waals surface area contributed by atoms with E-state index in [1.165, 1.54) is 4.88 Å². The maximum Gasteiger partial charge on any atom is 0.118 e. The van der Waals surface area contributed by atoms with Crippen molar-refractivity contribution < 1.29 is 9.15 Å². The lowest BCUT2D eigenvalue weighted by molar-refractivity contribution is 0.123. The zero-order valence-corrected chi connectivity index (χ0v) is 13.1. The van der Waals surface area contributed by atoms with Crippen molar-refractivity contribution in [1.29, 1.82) is 0 Å². The Balaban J connectivity index is 1.72. The van der Waals surface area contributed by atoms with Crippen molar-refractivity contribution in [3.63, 3.8) is 0 Å². The van der Waals surface area contributed by atoms with E-state index in [-0.39, 0.29) is 0 Å². The Labute approximate surface area is 125 Å². The lowest BCUT2D eigenvalue weighted by atomic mass is 10.2. The van der Waals surface area contributed by atoms with Crippen LogP contribution in [0.4, 0.5) is 0 Å². The van der Waals surface area contributed by atoms with E-state index in [1.807, 2.05) is 6.92 Å². The highest BCUT2D eigenvalue weighted by molar-refractivity contribution is 7.09. The zero-order valence-electron chi connectivity index (χ0n) is 12.3. The molecule has 0 amide bonds. The second-order valence-electron chi connectivity index (χ2n) is 4.85. The van der Waals surface area contributed by atoms with Crippen LogP contribution in [0.1, 0.15) is 35.3 Å². The van der Waals surface area contributed by atoms with E-state index in [1.54, 1.807) is 11.3 Å². The highest BCUT2D eigenvalue weighted by Gasteiger charge is 2.07. The summed E-state index contributed by atoms with van der Waals surface area (Å²) < 4.78 is 11.5. The van der Waals surface area contributed by atoms with Crippen LogP contribution in [0, 0.1) is 6.92 Å². The molecule has 0 saturated carbocycles. The van der Waals surface area contributed by atoms with Crippen molar-refractivity contribution in [2.45, 2.75) is 39.8 Å². The summed E-state index contributed by atoms with van der Waals surface area (Å²) in [4.78, 5) is 1.37. The van der Waals surface area contributed by atoms with Gasteiger partial charge in [0, 0.05) is 16.9 Å². The van der Waals surface area contributed by atoms with Gasteiger partial charge in [-0.05, 0) is 37.4 Å². The maximum atomic E-state index is 5.74. The third-order valence-electron chi connectivity index (χ3n) is 3.13. The third-order valence-corrected chi connectivity index (χ3v) is 4.06. The van der Waals surface area contributed by atoms with Crippen LogP contribution in [0.15, 0.2) is 28.0 Å². The Bertz CT molecular complexity index is 491. The Hall–Kier alpha value is -1.10. The minimum Gasteiger partial charge on any atom is -0.465 e. The van der Waals surface area contributed by atoms with Crippen molar-refractivity contribution in [3.05, 3.63) is 45.5 Å². The number of furan rings is 1. The van der Waals surface area contributed by atoms with Crippen LogP contribution in [0.2, 0.25) is 0 Å². The van der Waals surface area contributed by atoms with Gasteiger partial charge in [0.1, 0.15) is 11.5 Å². The smallest absolute Gasteiger partial charge is 0.118 e. The Morgan fingerprint density at radius 3 is 3.05 bits per heavy atom. The van der Waals surface area contributed by atoms with Gasteiger partial charge in [0.25, 0.3) is 0 Å². The molecule has 0 aliphatic heterocycles. The first-order valence-electron chi connectivity index (χ1n) is 7.18. The first-order chi connectivity index (χ1) is 9.79. The molecule has 0 aromatic carbocycles. The molecule has 0 spiro atoms. The van der Waals surface area contributed by atoms with Crippen LogP contribution in [0.3, 0.4) is 0 Å². The molecule has 20 heavy (non-hydrogen) atoms. The summed E-state index contributed by atoms with van der Waals surface area (Å²) in [5.74, 6) is 1.96. The van der Waals surface area contributed by atoms with Gasteiger partial charge < -0.3 is 14.5 Å². The number of aryl methyl sites for hydroxylation is 1. The van der Waals surface area contributed by atoms with E-state index in [2.05, 4.69) is 35.8 Å². The second-order valence-corrected chi connectivity index (χ2v) is 5.89. The highest BCUT2D eigenvalue weighted by Crippen LogP contribution is 2.16. The van der Waals surface area contributed by atoms with Crippen molar-refractivity contribution >= 4 is 11.3 Å². The molecule has 2 aromatic heterocycles. The molecular formula is C16H23NO2S. The monoisotopic (exact) mass is 293 g/mol. The SMILES string of the molecule is CCCNCc1cc(COCCc2cccs2)c(C)o1. The summed E-state index contributed by atoms with van der Waals surface area (Å²) in [7, 11) is 0. The minimum absolute atomic E-state index is 0.633. The standard InChI is InChI=1S/C16H23NO2S/c1-3-7-17-11-15-10-14(13(2)19-15)12-18-8-6-16-5-4-9-20-16/h4-5,9-10,17H,3,6-8,11-12H2,1-2H3. The van der Waals surface area contributed by atoms with Crippen LogP contribution in [0.5, 0.6) is 0 Å². The Morgan fingerprint density at radius 2 is 2.30 bits per heavy atom. The molecular weight excluding hydrogens is 270 g/mol. The van der Waals surface area contributed by atoms with E-state index >= 15 is 0 Å². The van der Waals surface area contributed by atoms with Crippen LogP contribution in [-0.2, 0) is 24.3 Å². The number of nitrogens with one attached hydrogen (secondary N) is 1. The molecule has 0 bridgehead atoms. The number of hydrogen-bond donors (Lipinski definition) is 1. The average Bonchev–Trinajstić information content (AvgIpc) is 3.05. The summed E-state index contributed by atoms with van der Waals surface area (Å²) in [5.41, 5.74) is 1.16. The van der Waals surface area contributed by atoms with Gasteiger partial charge in [0.05, 0.1) is 19.8 Å². The predicted molar refractivity (Wildman–Crippen MR) is 83.1 cm³/mol. The van der Waals surface area contributed by atoms with Gasteiger partial charge in [-0.15, -0.1) is 11.3 Å². The van der Waals surface area contributed by atoms with Crippen LogP contribution < -0.4 is 5.32 Å². The minimum atomic E-state index is 0.633. The molecule has 0 saturated heterocycles. The predicted octanol–water partition coefficient (Wildman–Crippen LogP) is 3.91. The largest absolute Gasteiger partial charge is 0.465 e. The Kier molecular flexibility index (Phi) is 6.30. The fourth-order valence-electron chi connectivity index (χ4n) is 2.02. The zero-order chi connectivity index (χ0) is 14.2. The summed E-state index contributed by atoms with van der Waals surface area (Å²) in [6.45, 7) is 7.37. The average molecular weight is 293 g/mol. The molecule has 3 nitrogen and oxygen atoms in total. The first kappa shape index (κ1) is 15.3. The number of ether oxygens (including phenoxy) is 1. The number of rotatable bonds is 9. The quantitative estimate of drug-likeness (QED) is 0.712. The van der Waals surface area contributed by atoms with Gasteiger partial charge in [-0.1, -0.05) is 13.0 Å². The van der Waals surface area contributed by atoms with E-state index in [4.69, 9.17) is 9.15 Å². The van der Waals surface area contributed by atoms with Gasteiger partial charge >= 0.3 is 0 Å². The molecule has 0 fully saturated rings. The van der Waals surface area contributed by atoms with Crippen LogP contribution >= 0.6 is 11.3 Å². The summed E-state index contributed by atoms with van der Waals surface area (Å²) in [6.07, 6.45) is 2.12. The molecule has 2 heterocycles. The molecule has 0 aliphatic rings. The van der Waals surface area contributed by atoms with Gasteiger partial charge in [0.15, 0.2) is 0 Å². The molecule has 2 rings (SSSR count). The van der Waals surface area contributed by atoms with Crippen molar-refractivity contribution in [2.75, 3.05) is 13.2 Å².